The first-order valence-corrected chi connectivity index (χ1v) is 7.76. The second-order valence-corrected chi connectivity index (χ2v) is 5.36. The van der Waals surface area contributed by atoms with Crippen molar-refractivity contribution in [1.82, 2.24) is 4.98 Å². The van der Waals surface area contributed by atoms with Crippen LogP contribution in [0.1, 0.15) is 5.56 Å². The van der Waals surface area contributed by atoms with Crippen LogP contribution < -0.4 is 16.0 Å². The highest BCUT2D eigenvalue weighted by Crippen LogP contribution is 2.12. The molecule has 0 fully saturated rings. The Balaban J connectivity index is 1.51. The summed E-state index contributed by atoms with van der Waals surface area (Å²) in [7, 11) is 0. The second-order valence-electron chi connectivity index (χ2n) is 5.36. The van der Waals surface area contributed by atoms with Crippen molar-refractivity contribution in [2.45, 2.75) is 6.54 Å². The van der Waals surface area contributed by atoms with Crippen molar-refractivity contribution in [2.24, 2.45) is 0 Å². The third-order valence-corrected chi connectivity index (χ3v) is 3.44. The lowest BCUT2D eigenvalue weighted by atomic mass is 10.2. The summed E-state index contributed by atoms with van der Waals surface area (Å²) in [6.45, 7) is 0.536. The van der Waals surface area contributed by atoms with Crippen molar-refractivity contribution in [3.8, 4) is 0 Å². The van der Waals surface area contributed by atoms with Gasteiger partial charge in [-0.3, -0.25) is 0 Å². The number of aromatic nitrogens is 1. The van der Waals surface area contributed by atoms with Crippen LogP contribution >= 0.6 is 0 Å². The fourth-order valence-corrected chi connectivity index (χ4v) is 2.18. The molecule has 3 N–H and O–H groups in total. The number of urea groups is 1. The summed E-state index contributed by atoms with van der Waals surface area (Å²) in [6.07, 6.45) is 1.57. The maximum absolute atomic E-state index is 12.9. The van der Waals surface area contributed by atoms with E-state index >= 15 is 0 Å². The summed E-state index contributed by atoms with van der Waals surface area (Å²) in [5, 5.41) is 8.59. The Kier molecular flexibility index (Phi) is 5.21. The van der Waals surface area contributed by atoms with Crippen molar-refractivity contribution >= 4 is 23.2 Å². The first kappa shape index (κ1) is 16.4. The number of hydrogen-bond acceptors (Lipinski definition) is 3. The summed E-state index contributed by atoms with van der Waals surface area (Å²) in [5.74, 6) is 0.407. The molecular weight excluding hydrogens is 319 g/mol. The van der Waals surface area contributed by atoms with Crippen LogP contribution in [-0.2, 0) is 6.54 Å². The molecule has 0 aliphatic carbocycles. The quantitative estimate of drug-likeness (QED) is 0.644. The first-order chi connectivity index (χ1) is 12.2. The maximum atomic E-state index is 12.9. The van der Waals surface area contributed by atoms with E-state index in [4.69, 9.17) is 0 Å². The molecule has 0 atom stereocenters. The average Bonchev–Trinajstić information content (AvgIpc) is 2.63. The van der Waals surface area contributed by atoms with Crippen molar-refractivity contribution < 1.29 is 9.18 Å². The van der Waals surface area contributed by atoms with E-state index in [0.29, 0.717) is 23.7 Å². The van der Waals surface area contributed by atoms with Gasteiger partial charge in [0.2, 0.25) is 0 Å². The minimum atomic E-state index is -0.333. The SMILES string of the molecule is O=C(Nc1ccccc1)Nc1ccc(NCc2ccc(F)cc2)nc1. The summed E-state index contributed by atoms with van der Waals surface area (Å²) in [4.78, 5) is 16.2. The number of nitrogens with one attached hydrogen (secondary N) is 3. The lowest BCUT2D eigenvalue weighted by Gasteiger charge is -2.09. The largest absolute Gasteiger partial charge is 0.366 e. The monoisotopic (exact) mass is 336 g/mol. The molecule has 126 valence electrons. The van der Waals surface area contributed by atoms with Crippen molar-refractivity contribution in [2.75, 3.05) is 16.0 Å². The van der Waals surface area contributed by atoms with Crippen molar-refractivity contribution in [3.63, 3.8) is 0 Å². The zero-order valence-corrected chi connectivity index (χ0v) is 13.4. The van der Waals surface area contributed by atoms with Crippen LogP contribution in [0.5, 0.6) is 0 Å². The van der Waals surface area contributed by atoms with Crippen LogP contribution in [0.3, 0.4) is 0 Å². The molecule has 3 rings (SSSR count). The van der Waals surface area contributed by atoms with Crippen LogP contribution in [-0.4, -0.2) is 11.0 Å². The van der Waals surface area contributed by atoms with Gasteiger partial charge in [-0.1, -0.05) is 30.3 Å². The summed E-state index contributed by atoms with van der Waals surface area (Å²) in [5.41, 5.74) is 2.25. The number of nitrogens with zero attached hydrogens (tertiary/aromatic N) is 1. The highest BCUT2D eigenvalue weighted by Gasteiger charge is 2.03. The molecule has 0 aliphatic heterocycles. The summed E-state index contributed by atoms with van der Waals surface area (Å²) in [6, 6.07) is 18.6. The number of pyridine rings is 1. The van der Waals surface area contributed by atoms with E-state index in [9.17, 15) is 9.18 Å². The highest BCUT2D eigenvalue weighted by atomic mass is 19.1. The molecule has 0 bridgehead atoms. The lowest BCUT2D eigenvalue weighted by molar-refractivity contribution is 0.262. The van der Waals surface area contributed by atoms with Gasteiger partial charge in [-0.05, 0) is 42.0 Å². The predicted octanol–water partition coefficient (Wildman–Crippen LogP) is 4.48. The number of anilines is 3. The van der Waals surface area contributed by atoms with Gasteiger partial charge in [0.05, 0.1) is 11.9 Å². The van der Waals surface area contributed by atoms with E-state index in [1.807, 2.05) is 18.2 Å². The molecule has 3 aromatic rings. The molecule has 0 saturated carbocycles. The van der Waals surface area contributed by atoms with Crippen LogP contribution in [0.15, 0.2) is 72.9 Å². The normalized spacial score (nSPS) is 10.1. The molecule has 2 aromatic carbocycles. The van der Waals surface area contributed by atoms with Gasteiger partial charge in [0.25, 0.3) is 0 Å². The molecule has 0 unspecified atom stereocenters. The van der Waals surface area contributed by atoms with Gasteiger partial charge in [0, 0.05) is 12.2 Å². The Labute approximate surface area is 144 Å². The van der Waals surface area contributed by atoms with Gasteiger partial charge in [-0.25, -0.2) is 14.2 Å². The van der Waals surface area contributed by atoms with Crippen molar-refractivity contribution in [3.05, 3.63) is 84.3 Å². The first-order valence-electron chi connectivity index (χ1n) is 7.76. The van der Waals surface area contributed by atoms with Gasteiger partial charge in [-0.15, -0.1) is 0 Å². The summed E-state index contributed by atoms with van der Waals surface area (Å²) >= 11 is 0. The Bertz CT molecular complexity index is 820. The molecule has 0 saturated heterocycles. The van der Waals surface area contributed by atoms with Crippen LogP contribution in [0.2, 0.25) is 0 Å². The average molecular weight is 336 g/mol. The number of carbonyl (C=O) groups is 1. The number of amides is 2. The van der Waals surface area contributed by atoms with E-state index in [1.54, 1.807) is 42.6 Å². The van der Waals surface area contributed by atoms with Gasteiger partial charge in [0.1, 0.15) is 11.6 Å². The van der Waals surface area contributed by atoms with E-state index in [-0.39, 0.29) is 11.8 Å². The zero-order chi connectivity index (χ0) is 17.5. The van der Waals surface area contributed by atoms with E-state index < -0.39 is 0 Å². The molecule has 25 heavy (non-hydrogen) atoms. The van der Waals surface area contributed by atoms with Crippen LogP contribution in [0.4, 0.5) is 26.4 Å². The minimum absolute atomic E-state index is 0.258. The molecule has 0 radical (unpaired) electrons. The fraction of sp³-hybridized carbons (Fsp3) is 0.0526. The Morgan fingerprint density at radius 2 is 1.60 bits per heavy atom. The third kappa shape index (κ3) is 5.04. The molecule has 5 nitrogen and oxygen atoms in total. The highest BCUT2D eigenvalue weighted by molar-refractivity contribution is 5.99. The lowest BCUT2D eigenvalue weighted by Crippen LogP contribution is -2.19. The predicted molar refractivity (Wildman–Crippen MR) is 97.0 cm³/mol. The Morgan fingerprint density at radius 1 is 0.880 bits per heavy atom. The van der Waals surface area contributed by atoms with Gasteiger partial charge in [0.15, 0.2) is 0 Å². The van der Waals surface area contributed by atoms with Gasteiger partial charge < -0.3 is 16.0 Å². The maximum Gasteiger partial charge on any atom is 0.323 e. The fourth-order valence-electron chi connectivity index (χ4n) is 2.18. The smallest absolute Gasteiger partial charge is 0.323 e. The zero-order valence-electron chi connectivity index (χ0n) is 13.4. The van der Waals surface area contributed by atoms with Crippen LogP contribution in [0.25, 0.3) is 0 Å². The molecule has 1 aromatic heterocycles. The number of rotatable bonds is 5. The van der Waals surface area contributed by atoms with E-state index in [0.717, 1.165) is 5.56 Å². The standard InChI is InChI=1S/C19H17FN4O/c20-15-8-6-14(7-9-15)12-21-18-11-10-17(13-22-18)24-19(25)23-16-4-2-1-3-5-16/h1-11,13H,12H2,(H,21,22)(H2,23,24,25). The number of carbonyl (C=O) groups excluding carboxylic acids is 1. The molecule has 0 spiro atoms. The molecule has 6 heteroatoms. The van der Waals surface area contributed by atoms with Crippen LogP contribution in [0, 0.1) is 5.82 Å². The van der Waals surface area contributed by atoms with Crippen molar-refractivity contribution in [1.29, 1.82) is 0 Å². The number of halogens is 1. The van der Waals surface area contributed by atoms with E-state index in [1.165, 1.54) is 12.1 Å². The molecule has 1 heterocycles. The number of benzene rings is 2. The van der Waals surface area contributed by atoms with E-state index in [2.05, 4.69) is 20.9 Å². The minimum Gasteiger partial charge on any atom is -0.366 e. The molecule has 2 amide bonds. The second kappa shape index (κ2) is 7.92. The Morgan fingerprint density at radius 3 is 2.28 bits per heavy atom. The third-order valence-electron chi connectivity index (χ3n) is 3.44. The number of para-hydroxylation sites is 1. The topological polar surface area (TPSA) is 66.1 Å². The Hall–Kier alpha value is -3.41. The summed E-state index contributed by atoms with van der Waals surface area (Å²) < 4.78 is 12.9. The van der Waals surface area contributed by atoms with Gasteiger partial charge >= 0.3 is 6.03 Å². The van der Waals surface area contributed by atoms with Gasteiger partial charge in [-0.2, -0.15) is 0 Å². The molecule has 0 aliphatic rings. The number of hydrogen-bond donors (Lipinski definition) is 3. The molecular formula is C19H17FN4O.